The molecule has 0 fully saturated rings. The van der Waals surface area contributed by atoms with Crippen molar-refractivity contribution >= 4 is 17.6 Å². The molecule has 3 rings (SSSR count). The van der Waals surface area contributed by atoms with E-state index in [1.165, 1.54) is 19.1 Å². The summed E-state index contributed by atoms with van der Waals surface area (Å²) in [5.74, 6) is -1.56. The highest BCUT2D eigenvalue weighted by Gasteiger charge is 2.43. The zero-order valence-electron chi connectivity index (χ0n) is 22.3. The molecule has 1 unspecified atom stereocenters. The van der Waals surface area contributed by atoms with E-state index in [9.17, 15) is 14.9 Å². The number of hydrogen-bond donors (Lipinski definition) is 1. The number of hydrogen-bond acceptors (Lipinski definition) is 8. The van der Waals surface area contributed by atoms with Gasteiger partial charge in [0.2, 0.25) is 0 Å². The van der Waals surface area contributed by atoms with E-state index in [4.69, 9.17) is 19.9 Å². The van der Waals surface area contributed by atoms with Gasteiger partial charge in [-0.1, -0.05) is 58.0 Å². The van der Waals surface area contributed by atoms with Crippen molar-refractivity contribution in [3.8, 4) is 11.8 Å². The number of esters is 2. The topological polar surface area (TPSA) is 115 Å². The molecule has 0 saturated carbocycles. The van der Waals surface area contributed by atoms with Gasteiger partial charge in [0, 0.05) is 5.69 Å². The normalized spacial score (nSPS) is 15.7. The van der Waals surface area contributed by atoms with Crippen molar-refractivity contribution in [2.24, 2.45) is 5.73 Å². The summed E-state index contributed by atoms with van der Waals surface area (Å²) >= 11 is 0. The molecule has 2 N–H and O–H groups in total. The van der Waals surface area contributed by atoms with Gasteiger partial charge >= 0.3 is 11.9 Å². The molecular formula is C29H33N3O5. The van der Waals surface area contributed by atoms with E-state index in [-0.39, 0.29) is 34.5 Å². The summed E-state index contributed by atoms with van der Waals surface area (Å²) in [6, 6.07) is 14.8. The number of allylic oxidation sites excluding steroid dienone is 1. The van der Waals surface area contributed by atoms with Crippen LogP contribution in [-0.4, -0.2) is 33.3 Å². The lowest BCUT2D eigenvalue weighted by Gasteiger charge is -2.36. The third-order valence-corrected chi connectivity index (χ3v) is 6.45. The van der Waals surface area contributed by atoms with Gasteiger partial charge in [0.25, 0.3) is 0 Å². The Labute approximate surface area is 217 Å². The second-order valence-electron chi connectivity index (χ2n) is 9.30. The largest absolute Gasteiger partial charge is 0.496 e. The number of methoxy groups -OCH3 is 3. The molecule has 8 nitrogen and oxygen atoms in total. The highest BCUT2D eigenvalue weighted by Crippen LogP contribution is 2.45. The van der Waals surface area contributed by atoms with Crippen LogP contribution in [0.15, 0.2) is 65.1 Å². The van der Waals surface area contributed by atoms with Crippen LogP contribution in [0.3, 0.4) is 0 Å². The van der Waals surface area contributed by atoms with Crippen LogP contribution >= 0.6 is 0 Å². The molecule has 0 radical (unpaired) electrons. The summed E-state index contributed by atoms with van der Waals surface area (Å²) in [7, 11) is 4.08. The predicted octanol–water partition coefficient (Wildman–Crippen LogP) is 4.84. The lowest BCUT2D eigenvalue weighted by Crippen LogP contribution is -2.40. The van der Waals surface area contributed by atoms with Gasteiger partial charge in [-0.05, 0) is 40.7 Å². The Balaban J connectivity index is 2.49. The third kappa shape index (κ3) is 4.90. The van der Waals surface area contributed by atoms with Gasteiger partial charge in [0.1, 0.15) is 17.3 Å². The van der Waals surface area contributed by atoms with Gasteiger partial charge in [0.05, 0.1) is 44.5 Å². The highest BCUT2D eigenvalue weighted by molar-refractivity contribution is 6.06. The summed E-state index contributed by atoms with van der Waals surface area (Å²) in [4.78, 5) is 28.0. The molecule has 2 aromatic rings. The van der Waals surface area contributed by atoms with Crippen molar-refractivity contribution in [3.63, 3.8) is 0 Å². The van der Waals surface area contributed by atoms with E-state index < -0.39 is 17.9 Å². The van der Waals surface area contributed by atoms with Gasteiger partial charge in [-0.3, -0.25) is 4.90 Å². The zero-order valence-corrected chi connectivity index (χ0v) is 22.3. The van der Waals surface area contributed by atoms with Crippen molar-refractivity contribution in [1.29, 1.82) is 5.26 Å². The summed E-state index contributed by atoms with van der Waals surface area (Å²) in [6.45, 7) is 8.13. The standard InChI is InChI=1S/C29H33N3O5/c1-16(2)20-13-19(14-21(17(3)4)26(20)35-5)32-25(29(34)37-7)24(28(33)36-6)23(22(15-30)27(32)31)18-11-9-8-10-12-18/h8-14,16-17,23H,31H2,1-7H3. The molecule has 2 aromatic carbocycles. The van der Waals surface area contributed by atoms with Crippen molar-refractivity contribution in [1.82, 2.24) is 0 Å². The maximum atomic E-state index is 13.3. The maximum absolute atomic E-state index is 13.3. The Bertz CT molecular complexity index is 1270. The third-order valence-electron chi connectivity index (χ3n) is 6.45. The number of nitrogens with two attached hydrogens (primary N) is 1. The van der Waals surface area contributed by atoms with Crippen LogP contribution in [0, 0.1) is 11.3 Å². The molecule has 0 aliphatic carbocycles. The predicted molar refractivity (Wildman–Crippen MR) is 141 cm³/mol. The maximum Gasteiger partial charge on any atom is 0.355 e. The average Bonchev–Trinajstić information content (AvgIpc) is 2.90. The van der Waals surface area contributed by atoms with Crippen molar-refractivity contribution in [2.45, 2.75) is 45.4 Å². The van der Waals surface area contributed by atoms with E-state index in [1.807, 2.05) is 45.9 Å². The molecule has 8 heteroatoms. The smallest absolute Gasteiger partial charge is 0.355 e. The van der Waals surface area contributed by atoms with E-state index in [2.05, 4.69) is 6.07 Å². The monoisotopic (exact) mass is 503 g/mol. The number of nitriles is 1. The molecule has 1 aliphatic rings. The van der Waals surface area contributed by atoms with Gasteiger partial charge in [-0.2, -0.15) is 5.26 Å². The molecule has 194 valence electrons. The van der Waals surface area contributed by atoms with Crippen molar-refractivity contribution < 1.29 is 23.8 Å². The first-order valence-corrected chi connectivity index (χ1v) is 12.0. The van der Waals surface area contributed by atoms with Crippen molar-refractivity contribution in [2.75, 3.05) is 26.2 Å². The highest BCUT2D eigenvalue weighted by atomic mass is 16.5. The Hall–Kier alpha value is -4.25. The summed E-state index contributed by atoms with van der Waals surface area (Å²) < 4.78 is 16.0. The van der Waals surface area contributed by atoms with Crippen molar-refractivity contribution in [3.05, 3.63) is 81.8 Å². The fourth-order valence-corrected chi connectivity index (χ4v) is 4.66. The lowest BCUT2D eigenvalue weighted by molar-refractivity contribution is -0.139. The lowest BCUT2D eigenvalue weighted by atomic mass is 9.80. The molecule has 0 spiro atoms. The van der Waals surface area contributed by atoms with Crippen LogP contribution in [-0.2, 0) is 19.1 Å². The van der Waals surface area contributed by atoms with E-state index in [1.54, 1.807) is 31.4 Å². The minimum Gasteiger partial charge on any atom is -0.496 e. The van der Waals surface area contributed by atoms with Crippen LogP contribution in [0.25, 0.3) is 0 Å². The molecule has 1 aliphatic heterocycles. The minimum atomic E-state index is -0.920. The molecule has 0 aromatic heterocycles. The van der Waals surface area contributed by atoms with Crippen LogP contribution in [0.4, 0.5) is 5.69 Å². The zero-order chi connectivity index (χ0) is 27.4. The Kier molecular flexibility index (Phi) is 8.28. The van der Waals surface area contributed by atoms with Gasteiger partial charge in [-0.15, -0.1) is 0 Å². The van der Waals surface area contributed by atoms with E-state index in [0.717, 1.165) is 16.9 Å². The number of benzene rings is 2. The number of ether oxygens (including phenoxy) is 3. The van der Waals surface area contributed by atoms with Crippen LogP contribution in [0.5, 0.6) is 5.75 Å². The fourth-order valence-electron chi connectivity index (χ4n) is 4.66. The minimum absolute atomic E-state index is 0.0268. The van der Waals surface area contributed by atoms with Gasteiger partial charge < -0.3 is 19.9 Å². The number of carbonyl (C=O) groups excluding carboxylic acids is 2. The Morgan fingerprint density at radius 3 is 1.92 bits per heavy atom. The van der Waals surface area contributed by atoms with Crippen LogP contribution < -0.4 is 15.4 Å². The summed E-state index contributed by atoms with van der Waals surface area (Å²) in [5.41, 5.74) is 9.55. The summed E-state index contributed by atoms with van der Waals surface area (Å²) in [5, 5.41) is 10.3. The first-order valence-electron chi connectivity index (χ1n) is 12.0. The molecule has 0 saturated heterocycles. The second kappa shape index (κ2) is 11.2. The fraction of sp³-hybridized carbons (Fsp3) is 0.345. The molecule has 1 atom stereocenters. The molecule has 1 heterocycles. The average molecular weight is 504 g/mol. The summed E-state index contributed by atoms with van der Waals surface area (Å²) in [6.07, 6.45) is 0. The first kappa shape index (κ1) is 27.3. The molecule has 0 bridgehead atoms. The van der Waals surface area contributed by atoms with Gasteiger partial charge in [0.15, 0.2) is 0 Å². The Morgan fingerprint density at radius 1 is 0.946 bits per heavy atom. The molecular weight excluding hydrogens is 470 g/mol. The number of nitrogens with zero attached hydrogens (tertiary/aromatic N) is 2. The van der Waals surface area contributed by atoms with E-state index in [0.29, 0.717) is 11.3 Å². The molecule has 37 heavy (non-hydrogen) atoms. The first-order chi connectivity index (χ1) is 17.6. The SMILES string of the molecule is COC(=O)C1=C(C(=O)OC)N(c2cc(C(C)C)c(OC)c(C(C)C)c2)C(N)=C(C#N)C1c1ccccc1. The quantitative estimate of drug-likeness (QED) is 0.534. The number of anilines is 1. The second-order valence-corrected chi connectivity index (χ2v) is 9.30. The van der Waals surface area contributed by atoms with E-state index >= 15 is 0 Å². The Morgan fingerprint density at radius 2 is 1.49 bits per heavy atom. The number of rotatable bonds is 7. The molecule has 0 amide bonds. The van der Waals surface area contributed by atoms with Crippen LogP contribution in [0.1, 0.15) is 62.1 Å². The van der Waals surface area contributed by atoms with Gasteiger partial charge in [-0.25, -0.2) is 9.59 Å². The number of carbonyl (C=O) groups is 2. The van der Waals surface area contributed by atoms with Crippen LogP contribution in [0.2, 0.25) is 0 Å².